The summed E-state index contributed by atoms with van der Waals surface area (Å²) < 4.78 is 0. The first kappa shape index (κ1) is 14.9. The van der Waals surface area contributed by atoms with E-state index in [0.29, 0.717) is 0 Å². The van der Waals surface area contributed by atoms with Crippen molar-refractivity contribution < 1.29 is 0 Å². The van der Waals surface area contributed by atoms with E-state index >= 15 is 0 Å². The fraction of sp³-hybridized carbons (Fsp3) is 0.647. The second kappa shape index (κ2) is 7.31. The largest absolute Gasteiger partial charge is 0.313 e. The van der Waals surface area contributed by atoms with E-state index in [1.807, 2.05) is 0 Å². The molecule has 0 heterocycles. The van der Waals surface area contributed by atoms with Gasteiger partial charge in [-0.1, -0.05) is 62.4 Å². The monoisotopic (exact) mass is 279 g/mol. The van der Waals surface area contributed by atoms with Crippen molar-refractivity contribution in [1.82, 2.24) is 5.32 Å². The minimum atomic E-state index is 0. The fourth-order valence-electron chi connectivity index (χ4n) is 3.44. The Hall–Kier alpha value is -0.530. The van der Waals surface area contributed by atoms with Gasteiger partial charge in [-0.05, 0) is 30.9 Å². The number of hydrogen-bond acceptors (Lipinski definition) is 1. The molecule has 1 nitrogen and oxygen atoms in total. The molecule has 0 aliphatic heterocycles. The van der Waals surface area contributed by atoms with E-state index in [2.05, 4.69) is 35.6 Å². The molecule has 2 aliphatic carbocycles. The fourth-order valence-corrected chi connectivity index (χ4v) is 3.44. The Balaban J connectivity index is 0.00000133. The van der Waals surface area contributed by atoms with Gasteiger partial charge in [-0.15, -0.1) is 12.4 Å². The van der Waals surface area contributed by atoms with E-state index < -0.39 is 0 Å². The van der Waals surface area contributed by atoms with Gasteiger partial charge in [-0.25, -0.2) is 0 Å². The molecular weight excluding hydrogens is 254 g/mol. The minimum absolute atomic E-state index is 0. The van der Waals surface area contributed by atoms with Crippen LogP contribution in [0.1, 0.15) is 56.4 Å². The van der Waals surface area contributed by atoms with E-state index in [4.69, 9.17) is 0 Å². The molecule has 2 atom stereocenters. The first-order valence-electron chi connectivity index (χ1n) is 7.72. The second-order valence-corrected chi connectivity index (χ2v) is 6.11. The van der Waals surface area contributed by atoms with Gasteiger partial charge in [0.25, 0.3) is 0 Å². The molecule has 0 bridgehead atoms. The summed E-state index contributed by atoms with van der Waals surface area (Å²) in [4.78, 5) is 0. The Morgan fingerprint density at radius 2 is 1.74 bits per heavy atom. The molecule has 0 spiro atoms. The van der Waals surface area contributed by atoms with Crippen LogP contribution in [0.15, 0.2) is 30.3 Å². The smallest absolute Gasteiger partial charge is 0.0143 e. The van der Waals surface area contributed by atoms with Crippen LogP contribution in [-0.4, -0.2) is 12.6 Å². The maximum absolute atomic E-state index is 3.75. The number of benzene rings is 1. The lowest BCUT2D eigenvalue weighted by Crippen LogP contribution is -2.22. The number of rotatable bonds is 5. The molecule has 0 amide bonds. The highest BCUT2D eigenvalue weighted by Crippen LogP contribution is 2.40. The third kappa shape index (κ3) is 4.22. The van der Waals surface area contributed by atoms with Gasteiger partial charge in [0, 0.05) is 12.0 Å². The molecule has 2 heteroatoms. The molecule has 0 saturated heterocycles. The van der Waals surface area contributed by atoms with Crippen molar-refractivity contribution in [2.45, 2.75) is 56.9 Å². The summed E-state index contributed by atoms with van der Waals surface area (Å²) in [5.41, 5.74) is 1.52. The van der Waals surface area contributed by atoms with Crippen LogP contribution in [0.4, 0.5) is 0 Å². The van der Waals surface area contributed by atoms with E-state index in [-0.39, 0.29) is 12.4 Å². The Bertz CT molecular complexity index is 359. The van der Waals surface area contributed by atoms with Crippen LogP contribution in [0, 0.1) is 5.92 Å². The van der Waals surface area contributed by atoms with Gasteiger partial charge in [0.2, 0.25) is 0 Å². The number of nitrogens with one attached hydrogen (secondary N) is 1. The molecule has 2 saturated carbocycles. The third-order valence-electron chi connectivity index (χ3n) is 4.70. The molecule has 106 valence electrons. The standard InChI is InChI=1S/C17H25N.ClH/c1-3-7-14(8-4-1)11-12-18-17-13-16(17)15-9-5-2-6-10-15;/h2,5-6,9-10,14,16-18H,1,3-4,7-8,11-13H2;1H/t16-,17+;/m0./s1. The van der Waals surface area contributed by atoms with Crippen molar-refractivity contribution in [3.05, 3.63) is 35.9 Å². The topological polar surface area (TPSA) is 12.0 Å². The van der Waals surface area contributed by atoms with Crippen molar-refractivity contribution >= 4 is 12.4 Å². The van der Waals surface area contributed by atoms with Crippen LogP contribution in [0.3, 0.4) is 0 Å². The lowest BCUT2D eigenvalue weighted by atomic mass is 9.87. The summed E-state index contributed by atoms with van der Waals surface area (Å²) in [6, 6.07) is 11.7. The first-order chi connectivity index (χ1) is 8.93. The summed E-state index contributed by atoms with van der Waals surface area (Å²) in [5, 5.41) is 3.75. The van der Waals surface area contributed by atoms with Crippen LogP contribution in [0.25, 0.3) is 0 Å². The molecular formula is C17H26ClN. The third-order valence-corrected chi connectivity index (χ3v) is 4.70. The van der Waals surface area contributed by atoms with Gasteiger partial charge in [-0.2, -0.15) is 0 Å². The van der Waals surface area contributed by atoms with Crippen LogP contribution < -0.4 is 5.32 Å². The van der Waals surface area contributed by atoms with Crippen molar-refractivity contribution in [3.8, 4) is 0 Å². The molecule has 2 fully saturated rings. The predicted octanol–water partition coefficient (Wildman–Crippen LogP) is 4.52. The highest BCUT2D eigenvalue weighted by atomic mass is 35.5. The van der Waals surface area contributed by atoms with E-state index in [9.17, 15) is 0 Å². The highest BCUT2D eigenvalue weighted by Gasteiger charge is 2.37. The second-order valence-electron chi connectivity index (χ2n) is 6.11. The summed E-state index contributed by atoms with van der Waals surface area (Å²) in [7, 11) is 0. The zero-order valence-electron chi connectivity index (χ0n) is 11.7. The molecule has 3 rings (SSSR count). The van der Waals surface area contributed by atoms with Gasteiger partial charge >= 0.3 is 0 Å². The Morgan fingerprint density at radius 3 is 2.47 bits per heavy atom. The van der Waals surface area contributed by atoms with Crippen LogP contribution in [0.2, 0.25) is 0 Å². The first-order valence-corrected chi connectivity index (χ1v) is 7.72. The van der Waals surface area contributed by atoms with Gasteiger partial charge in [0.1, 0.15) is 0 Å². The number of halogens is 1. The van der Waals surface area contributed by atoms with Crippen molar-refractivity contribution in [3.63, 3.8) is 0 Å². The average molecular weight is 280 g/mol. The van der Waals surface area contributed by atoms with Gasteiger partial charge in [0.15, 0.2) is 0 Å². The average Bonchev–Trinajstić information content (AvgIpc) is 3.21. The summed E-state index contributed by atoms with van der Waals surface area (Å²) in [6.45, 7) is 1.23. The van der Waals surface area contributed by atoms with Crippen LogP contribution >= 0.6 is 12.4 Å². The summed E-state index contributed by atoms with van der Waals surface area (Å²) in [5.74, 6) is 1.80. The lowest BCUT2D eigenvalue weighted by Gasteiger charge is -2.21. The maximum atomic E-state index is 3.75. The molecule has 0 radical (unpaired) electrons. The normalized spacial score (nSPS) is 26.7. The molecule has 2 aliphatic rings. The Labute approximate surface area is 123 Å². The zero-order chi connectivity index (χ0) is 12.2. The molecule has 0 aromatic heterocycles. The van der Waals surface area contributed by atoms with E-state index in [1.165, 1.54) is 57.1 Å². The van der Waals surface area contributed by atoms with Gasteiger partial charge in [0.05, 0.1) is 0 Å². The maximum Gasteiger partial charge on any atom is 0.0143 e. The Kier molecular flexibility index (Phi) is 5.72. The Morgan fingerprint density at radius 1 is 1.00 bits per heavy atom. The van der Waals surface area contributed by atoms with Crippen LogP contribution in [-0.2, 0) is 0 Å². The molecule has 1 N–H and O–H groups in total. The SMILES string of the molecule is Cl.c1ccc([C@@H]2C[C@H]2NCCC2CCCCC2)cc1. The van der Waals surface area contributed by atoms with Crippen molar-refractivity contribution in [2.75, 3.05) is 6.54 Å². The molecule has 19 heavy (non-hydrogen) atoms. The summed E-state index contributed by atoms with van der Waals surface area (Å²) >= 11 is 0. The lowest BCUT2D eigenvalue weighted by molar-refractivity contribution is 0.333. The molecule has 1 aromatic rings. The minimum Gasteiger partial charge on any atom is -0.313 e. The predicted molar refractivity (Wildman–Crippen MR) is 84.0 cm³/mol. The van der Waals surface area contributed by atoms with Crippen molar-refractivity contribution in [2.24, 2.45) is 5.92 Å². The highest BCUT2D eigenvalue weighted by molar-refractivity contribution is 5.85. The van der Waals surface area contributed by atoms with Crippen LogP contribution in [0.5, 0.6) is 0 Å². The zero-order valence-corrected chi connectivity index (χ0v) is 12.5. The van der Waals surface area contributed by atoms with Gasteiger partial charge < -0.3 is 5.32 Å². The molecule has 1 aromatic carbocycles. The quantitative estimate of drug-likeness (QED) is 0.835. The van der Waals surface area contributed by atoms with E-state index in [0.717, 1.165) is 17.9 Å². The number of hydrogen-bond donors (Lipinski definition) is 1. The molecule has 0 unspecified atom stereocenters. The summed E-state index contributed by atoms with van der Waals surface area (Å²) in [6.07, 6.45) is 10.1. The van der Waals surface area contributed by atoms with Crippen molar-refractivity contribution in [1.29, 1.82) is 0 Å². The van der Waals surface area contributed by atoms with E-state index in [1.54, 1.807) is 0 Å². The van der Waals surface area contributed by atoms with Gasteiger partial charge in [-0.3, -0.25) is 0 Å².